The highest BCUT2D eigenvalue weighted by molar-refractivity contribution is 5.78. The van der Waals surface area contributed by atoms with Crippen LogP contribution in [0.15, 0.2) is 23.5 Å². The molecular formula is C17H29N7. The summed E-state index contributed by atoms with van der Waals surface area (Å²) in [7, 11) is 0. The van der Waals surface area contributed by atoms with Crippen LogP contribution in [-0.4, -0.2) is 78.1 Å². The molecule has 2 aliphatic rings. The minimum atomic E-state index is 0.720. The van der Waals surface area contributed by atoms with Gasteiger partial charge in [-0.05, 0) is 24.8 Å². The maximum absolute atomic E-state index is 6.16. The number of nitrogens with two attached hydrogens (primary N) is 1. The standard InChI is InChI=1S/C17H29N7/c1-15-4-2-8-24(14-15)16(18)19-7-9-22-10-12-23(13-11-22)17-20-5-3-6-21-17/h3,5-6,15H,2,4,7-14H2,1H3,(H2,18,19). The van der Waals surface area contributed by atoms with Gasteiger partial charge >= 0.3 is 0 Å². The van der Waals surface area contributed by atoms with Crippen molar-refractivity contribution in [2.75, 3.05) is 57.3 Å². The Hall–Kier alpha value is -1.89. The van der Waals surface area contributed by atoms with Gasteiger partial charge in [0.05, 0.1) is 6.54 Å². The van der Waals surface area contributed by atoms with Crippen molar-refractivity contribution in [3.63, 3.8) is 0 Å². The van der Waals surface area contributed by atoms with Crippen molar-refractivity contribution in [3.05, 3.63) is 18.5 Å². The smallest absolute Gasteiger partial charge is 0.225 e. The number of guanidine groups is 1. The molecule has 2 aliphatic heterocycles. The van der Waals surface area contributed by atoms with E-state index in [4.69, 9.17) is 5.73 Å². The van der Waals surface area contributed by atoms with Crippen molar-refractivity contribution in [3.8, 4) is 0 Å². The molecule has 0 spiro atoms. The second kappa shape index (κ2) is 8.28. The van der Waals surface area contributed by atoms with Gasteiger partial charge in [0.2, 0.25) is 5.95 Å². The lowest BCUT2D eigenvalue weighted by atomic mass is 10.0. The number of nitrogens with zero attached hydrogens (tertiary/aromatic N) is 6. The minimum Gasteiger partial charge on any atom is -0.370 e. The van der Waals surface area contributed by atoms with Crippen LogP contribution < -0.4 is 10.6 Å². The molecule has 1 aromatic rings. The van der Waals surface area contributed by atoms with Crippen LogP contribution in [0.2, 0.25) is 0 Å². The van der Waals surface area contributed by atoms with Gasteiger partial charge in [0.25, 0.3) is 0 Å². The largest absolute Gasteiger partial charge is 0.370 e. The number of hydrogen-bond acceptors (Lipinski definition) is 5. The minimum absolute atomic E-state index is 0.720. The highest BCUT2D eigenvalue weighted by Crippen LogP contribution is 2.15. The first kappa shape index (κ1) is 17.0. The summed E-state index contributed by atoms with van der Waals surface area (Å²) in [4.78, 5) is 20.2. The maximum Gasteiger partial charge on any atom is 0.225 e. The molecule has 0 bridgehead atoms. The van der Waals surface area contributed by atoms with Crippen LogP contribution in [-0.2, 0) is 0 Å². The first-order chi connectivity index (χ1) is 11.7. The number of anilines is 1. The molecular weight excluding hydrogens is 302 g/mol. The fraction of sp³-hybridized carbons (Fsp3) is 0.706. The van der Waals surface area contributed by atoms with Crippen LogP contribution in [0.3, 0.4) is 0 Å². The van der Waals surface area contributed by atoms with Crippen LogP contribution in [0.5, 0.6) is 0 Å². The van der Waals surface area contributed by atoms with Crippen molar-refractivity contribution in [2.45, 2.75) is 19.8 Å². The Labute approximate surface area is 144 Å². The van der Waals surface area contributed by atoms with Crippen LogP contribution in [0.1, 0.15) is 19.8 Å². The number of aliphatic imine (C=N–C) groups is 1. The lowest BCUT2D eigenvalue weighted by Crippen LogP contribution is -2.48. The topological polar surface area (TPSA) is 73.9 Å². The van der Waals surface area contributed by atoms with E-state index < -0.39 is 0 Å². The molecule has 1 unspecified atom stereocenters. The summed E-state index contributed by atoms with van der Waals surface area (Å²) < 4.78 is 0. The van der Waals surface area contributed by atoms with E-state index >= 15 is 0 Å². The summed E-state index contributed by atoms with van der Waals surface area (Å²) >= 11 is 0. The third-order valence-corrected chi connectivity index (χ3v) is 4.88. The number of piperazine rings is 1. The summed E-state index contributed by atoms with van der Waals surface area (Å²) in [6, 6.07) is 1.85. The zero-order valence-electron chi connectivity index (χ0n) is 14.6. The number of hydrogen-bond donors (Lipinski definition) is 1. The Morgan fingerprint density at radius 2 is 1.96 bits per heavy atom. The van der Waals surface area contributed by atoms with Crippen LogP contribution in [0, 0.1) is 5.92 Å². The predicted octanol–water partition coefficient (Wildman–Crippen LogP) is 0.645. The summed E-state index contributed by atoms with van der Waals surface area (Å²) in [5, 5.41) is 0. The molecule has 1 aromatic heterocycles. The van der Waals surface area contributed by atoms with Crippen LogP contribution in [0.25, 0.3) is 0 Å². The SMILES string of the molecule is CC1CCCN(C(N)=NCCN2CCN(c3ncccn3)CC2)C1. The van der Waals surface area contributed by atoms with E-state index in [2.05, 4.69) is 36.6 Å². The number of likely N-dealkylation sites (tertiary alicyclic amines) is 1. The van der Waals surface area contributed by atoms with E-state index in [1.807, 2.05) is 6.07 Å². The van der Waals surface area contributed by atoms with E-state index in [1.165, 1.54) is 12.8 Å². The molecule has 3 rings (SSSR count). The molecule has 0 saturated carbocycles. The van der Waals surface area contributed by atoms with E-state index in [1.54, 1.807) is 12.4 Å². The Balaban J connectivity index is 1.39. The summed E-state index contributed by atoms with van der Waals surface area (Å²) in [5.74, 6) is 2.28. The Morgan fingerprint density at radius 1 is 1.21 bits per heavy atom. The highest BCUT2D eigenvalue weighted by atomic mass is 15.3. The summed E-state index contributed by atoms with van der Waals surface area (Å²) in [6.07, 6.45) is 6.13. The number of piperidine rings is 1. The van der Waals surface area contributed by atoms with Gasteiger partial charge in [-0.1, -0.05) is 6.92 Å². The lowest BCUT2D eigenvalue weighted by Gasteiger charge is -2.34. The number of rotatable bonds is 4. The van der Waals surface area contributed by atoms with Crippen molar-refractivity contribution >= 4 is 11.9 Å². The molecule has 1 atom stereocenters. The maximum atomic E-state index is 6.16. The fourth-order valence-electron chi connectivity index (χ4n) is 3.43. The molecule has 3 heterocycles. The Bertz CT molecular complexity index is 525. The molecule has 7 heteroatoms. The lowest BCUT2D eigenvalue weighted by molar-refractivity contribution is 0.259. The van der Waals surface area contributed by atoms with Crippen molar-refractivity contribution in [2.24, 2.45) is 16.6 Å². The Morgan fingerprint density at radius 3 is 2.67 bits per heavy atom. The van der Waals surface area contributed by atoms with E-state index in [9.17, 15) is 0 Å². The van der Waals surface area contributed by atoms with Gasteiger partial charge in [0.1, 0.15) is 0 Å². The normalized spacial score (nSPS) is 23.5. The second-order valence-corrected chi connectivity index (χ2v) is 6.81. The first-order valence-corrected chi connectivity index (χ1v) is 9.01. The fourth-order valence-corrected chi connectivity index (χ4v) is 3.43. The van der Waals surface area contributed by atoms with Gasteiger partial charge in [-0.15, -0.1) is 0 Å². The van der Waals surface area contributed by atoms with Gasteiger partial charge < -0.3 is 15.5 Å². The van der Waals surface area contributed by atoms with E-state index in [0.717, 1.165) is 70.2 Å². The average molecular weight is 331 g/mol. The van der Waals surface area contributed by atoms with Gasteiger partial charge in [0, 0.05) is 58.2 Å². The molecule has 2 N–H and O–H groups in total. The van der Waals surface area contributed by atoms with Gasteiger partial charge in [-0.3, -0.25) is 9.89 Å². The molecule has 0 amide bonds. The van der Waals surface area contributed by atoms with Crippen LogP contribution >= 0.6 is 0 Å². The first-order valence-electron chi connectivity index (χ1n) is 9.01. The molecule has 24 heavy (non-hydrogen) atoms. The molecule has 0 aromatic carbocycles. The zero-order chi connectivity index (χ0) is 16.8. The highest BCUT2D eigenvalue weighted by Gasteiger charge is 2.19. The third-order valence-electron chi connectivity index (χ3n) is 4.88. The van der Waals surface area contributed by atoms with Crippen molar-refractivity contribution in [1.29, 1.82) is 0 Å². The predicted molar refractivity (Wildman–Crippen MR) is 97.1 cm³/mol. The second-order valence-electron chi connectivity index (χ2n) is 6.81. The van der Waals surface area contributed by atoms with Gasteiger partial charge in [0.15, 0.2) is 5.96 Å². The Kier molecular flexibility index (Phi) is 5.85. The molecule has 2 saturated heterocycles. The van der Waals surface area contributed by atoms with E-state index in [-0.39, 0.29) is 0 Å². The van der Waals surface area contributed by atoms with E-state index in [0.29, 0.717) is 0 Å². The average Bonchev–Trinajstić information content (AvgIpc) is 2.63. The quantitative estimate of drug-likeness (QED) is 0.645. The molecule has 7 nitrogen and oxygen atoms in total. The number of aromatic nitrogens is 2. The molecule has 132 valence electrons. The summed E-state index contributed by atoms with van der Waals surface area (Å²) in [5.41, 5.74) is 6.16. The van der Waals surface area contributed by atoms with Gasteiger partial charge in [-0.25, -0.2) is 9.97 Å². The zero-order valence-corrected chi connectivity index (χ0v) is 14.6. The molecule has 0 aliphatic carbocycles. The molecule has 2 fully saturated rings. The van der Waals surface area contributed by atoms with Crippen LogP contribution in [0.4, 0.5) is 5.95 Å². The third kappa shape index (κ3) is 4.56. The van der Waals surface area contributed by atoms with Gasteiger partial charge in [-0.2, -0.15) is 0 Å². The van der Waals surface area contributed by atoms with Crippen molar-refractivity contribution < 1.29 is 0 Å². The van der Waals surface area contributed by atoms with Crippen molar-refractivity contribution in [1.82, 2.24) is 19.8 Å². The summed E-state index contributed by atoms with van der Waals surface area (Å²) in [6.45, 7) is 10.1. The molecule has 0 radical (unpaired) electrons. The monoisotopic (exact) mass is 331 g/mol.